The number of benzene rings is 1. The number of rotatable bonds is 5. The molecule has 4 nitrogen and oxygen atoms in total. The van der Waals surface area contributed by atoms with Crippen molar-refractivity contribution in [2.24, 2.45) is 4.99 Å². The molecule has 2 aliphatic rings. The maximum atomic E-state index is 12.1. The predicted molar refractivity (Wildman–Crippen MR) is 107 cm³/mol. The highest BCUT2D eigenvalue weighted by molar-refractivity contribution is 7.85. The van der Waals surface area contributed by atoms with Gasteiger partial charge < -0.3 is 10.6 Å². The number of hydrogen-bond donors (Lipinski definition) is 2. The van der Waals surface area contributed by atoms with Gasteiger partial charge in [-0.05, 0) is 43.2 Å². The van der Waals surface area contributed by atoms with Gasteiger partial charge in [0.2, 0.25) is 0 Å². The van der Waals surface area contributed by atoms with E-state index in [1.165, 1.54) is 24.0 Å². The molecule has 4 atom stereocenters. The number of aliphatic imine (C=N–C) groups is 1. The highest BCUT2D eigenvalue weighted by atomic mass is 32.2. The molecule has 138 valence electrons. The SMILES string of the molecule is CCS(=O)C1CCCC(NC(=NC)NCC2CCc3ccccc32)C1. The van der Waals surface area contributed by atoms with Crippen molar-refractivity contribution in [1.29, 1.82) is 0 Å². The van der Waals surface area contributed by atoms with Gasteiger partial charge in [-0.1, -0.05) is 37.6 Å². The molecule has 0 saturated heterocycles. The van der Waals surface area contributed by atoms with E-state index in [9.17, 15) is 4.21 Å². The zero-order chi connectivity index (χ0) is 17.6. The van der Waals surface area contributed by atoms with E-state index in [1.54, 1.807) is 0 Å². The van der Waals surface area contributed by atoms with Crippen LogP contribution in [0, 0.1) is 0 Å². The van der Waals surface area contributed by atoms with Crippen LogP contribution in [-0.2, 0) is 17.2 Å². The number of fused-ring (bicyclic) bond motifs is 1. The summed E-state index contributed by atoms with van der Waals surface area (Å²) in [4.78, 5) is 4.41. The summed E-state index contributed by atoms with van der Waals surface area (Å²) in [7, 11) is 1.15. The number of nitrogens with one attached hydrogen (secondary N) is 2. The maximum Gasteiger partial charge on any atom is 0.191 e. The molecule has 1 aromatic carbocycles. The Morgan fingerprint density at radius 3 is 2.92 bits per heavy atom. The summed E-state index contributed by atoms with van der Waals surface area (Å²) in [5, 5.41) is 7.43. The van der Waals surface area contributed by atoms with Crippen LogP contribution in [0.3, 0.4) is 0 Å². The number of guanidine groups is 1. The first kappa shape index (κ1) is 18.4. The fraction of sp³-hybridized carbons (Fsp3) is 0.650. The Hall–Kier alpha value is -1.36. The van der Waals surface area contributed by atoms with Crippen molar-refractivity contribution in [3.05, 3.63) is 35.4 Å². The summed E-state index contributed by atoms with van der Waals surface area (Å²) >= 11 is 0. The monoisotopic (exact) mass is 361 g/mol. The molecule has 0 radical (unpaired) electrons. The Kier molecular flexibility index (Phi) is 6.51. The summed E-state index contributed by atoms with van der Waals surface area (Å²) in [5.41, 5.74) is 2.98. The van der Waals surface area contributed by atoms with Crippen LogP contribution in [0.4, 0.5) is 0 Å². The van der Waals surface area contributed by atoms with E-state index in [0.717, 1.165) is 43.9 Å². The maximum absolute atomic E-state index is 12.1. The zero-order valence-electron chi connectivity index (χ0n) is 15.5. The molecule has 3 rings (SSSR count). The smallest absolute Gasteiger partial charge is 0.191 e. The lowest BCUT2D eigenvalue weighted by atomic mass is 9.95. The van der Waals surface area contributed by atoms with Crippen LogP contribution < -0.4 is 10.6 Å². The van der Waals surface area contributed by atoms with E-state index in [1.807, 2.05) is 14.0 Å². The molecule has 4 unspecified atom stereocenters. The Morgan fingerprint density at radius 1 is 1.28 bits per heavy atom. The highest BCUT2D eigenvalue weighted by Gasteiger charge is 2.26. The Morgan fingerprint density at radius 2 is 2.12 bits per heavy atom. The van der Waals surface area contributed by atoms with Crippen molar-refractivity contribution < 1.29 is 4.21 Å². The van der Waals surface area contributed by atoms with Crippen molar-refractivity contribution in [1.82, 2.24) is 10.6 Å². The molecular formula is C20H31N3OS. The topological polar surface area (TPSA) is 53.5 Å². The minimum absolute atomic E-state index is 0.344. The molecule has 0 heterocycles. The summed E-state index contributed by atoms with van der Waals surface area (Å²) in [5.74, 6) is 2.23. The summed E-state index contributed by atoms with van der Waals surface area (Å²) in [6.45, 7) is 2.95. The third kappa shape index (κ3) is 4.63. The Labute approximate surface area is 154 Å². The lowest BCUT2D eigenvalue weighted by molar-refractivity contribution is 0.413. The minimum Gasteiger partial charge on any atom is -0.356 e. The van der Waals surface area contributed by atoms with E-state index in [4.69, 9.17) is 0 Å². The molecule has 0 bridgehead atoms. The minimum atomic E-state index is -0.682. The van der Waals surface area contributed by atoms with Gasteiger partial charge in [0.1, 0.15) is 0 Å². The van der Waals surface area contributed by atoms with Crippen LogP contribution in [0.1, 0.15) is 56.1 Å². The molecule has 1 aromatic rings. The summed E-state index contributed by atoms with van der Waals surface area (Å²) < 4.78 is 12.1. The van der Waals surface area contributed by atoms with Gasteiger partial charge in [0.05, 0.1) is 0 Å². The fourth-order valence-corrected chi connectivity index (χ4v) is 5.56. The van der Waals surface area contributed by atoms with Gasteiger partial charge in [0.25, 0.3) is 0 Å². The molecule has 0 aliphatic heterocycles. The van der Waals surface area contributed by atoms with Gasteiger partial charge in [-0.3, -0.25) is 9.20 Å². The summed E-state index contributed by atoms with van der Waals surface area (Å²) in [6, 6.07) is 9.17. The quantitative estimate of drug-likeness (QED) is 0.626. The first-order valence-corrected chi connectivity index (χ1v) is 11.0. The second-order valence-corrected chi connectivity index (χ2v) is 9.19. The number of hydrogen-bond acceptors (Lipinski definition) is 2. The molecule has 2 N–H and O–H groups in total. The average molecular weight is 362 g/mol. The van der Waals surface area contributed by atoms with E-state index < -0.39 is 10.8 Å². The highest BCUT2D eigenvalue weighted by Crippen LogP contribution is 2.32. The normalized spacial score (nSPS) is 27.6. The fourth-order valence-electron chi connectivity index (χ4n) is 4.22. The van der Waals surface area contributed by atoms with Crippen molar-refractivity contribution in [2.45, 2.75) is 62.7 Å². The van der Waals surface area contributed by atoms with Gasteiger partial charge in [-0.25, -0.2) is 0 Å². The summed E-state index contributed by atoms with van der Waals surface area (Å²) in [6.07, 6.45) is 6.79. The molecule has 0 amide bonds. The van der Waals surface area contributed by atoms with Crippen molar-refractivity contribution in [3.63, 3.8) is 0 Å². The molecule has 1 fully saturated rings. The number of nitrogens with zero attached hydrogens (tertiary/aromatic N) is 1. The lowest BCUT2D eigenvalue weighted by Crippen LogP contribution is -2.47. The standard InChI is InChI=1S/C20H31N3OS/c1-3-25(24)18-9-6-8-17(13-18)23-20(21-2)22-14-16-12-11-15-7-4-5-10-19(15)16/h4-5,7,10,16-18H,3,6,8-9,11-14H2,1-2H3,(H2,21,22,23). The van der Waals surface area contributed by atoms with Gasteiger partial charge in [0.15, 0.2) is 5.96 Å². The molecule has 1 saturated carbocycles. The van der Waals surface area contributed by atoms with Crippen LogP contribution in [-0.4, -0.2) is 40.8 Å². The van der Waals surface area contributed by atoms with Crippen molar-refractivity contribution in [3.8, 4) is 0 Å². The number of aryl methyl sites for hydroxylation is 1. The lowest BCUT2D eigenvalue weighted by Gasteiger charge is -2.30. The molecule has 0 spiro atoms. The molecule has 5 heteroatoms. The van der Waals surface area contributed by atoms with Crippen molar-refractivity contribution >= 4 is 16.8 Å². The van der Waals surface area contributed by atoms with Crippen molar-refractivity contribution in [2.75, 3.05) is 19.3 Å². The van der Waals surface area contributed by atoms with Crippen LogP contribution >= 0.6 is 0 Å². The average Bonchev–Trinajstić information content (AvgIpc) is 3.08. The van der Waals surface area contributed by atoms with Gasteiger partial charge in [-0.2, -0.15) is 0 Å². The largest absolute Gasteiger partial charge is 0.356 e. The molecular weight excluding hydrogens is 330 g/mol. The van der Waals surface area contributed by atoms with E-state index in [2.05, 4.69) is 39.9 Å². The molecule has 2 aliphatic carbocycles. The zero-order valence-corrected chi connectivity index (χ0v) is 16.3. The molecule has 25 heavy (non-hydrogen) atoms. The third-order valence-electron chi connectivity index (χ3n) is 5.62. The second-order valence-electron chi connectivity index (χ2n) is 7.19. The van der Waals surface area contributed by atoms with Gasteiger partial charge in [-0.15, -0.1) is 0 Å². The van der Waals surface area contributed by atoms with Gasteiger partial charge >= 0.3 is 0 Å². The van der Waals surface area contributed by atoms with Crippen LogP contribution in [0.25, 0.3) is 0 Å². The predicted octanol–water partition coefficient (Wildman–Crippen LogP) is 2.96. The molecule has 0 aromatic heterocycles. The first-order valence-electron chi connectivity index (χ1n) is 9.63. The van der Waals surface area contributed by atoms with Crippen LogP contribution in [0.15, 0.2) is 29.3 Å². The van der Waals surface area contributed by atoms with E-state index in [-0.39, 0.29) is 0 Å². The van der Waals surface area contributed by atoms with E-state index >= 15 is 0 Å². The Balaban J connectivity index is 1.51. The van der Waals surface area contributed by atoms with E-state index in [0.29, 0.717) is 17.2 Å². The first-order chi connectivity index (χ1) is 12.2. The Bertz CT molecular complexity index is 631. The van der Waals surface area contributed by atoms with Crippen LogP contribution in [0.5, 0.6) is 0 Å². The van der Waals surface area contributed by atoms with Gasteiger partial charge in [0, 0.05) is 47.4 Å². The van der Waals surface area contributed by atoms with Crippen LogP contribution in [0.2, 0.25) is 0 Å². The second kappa shape index (κ2) is 8.84. The third-order valence-corrected chi connectivity index (χ3v) is 7.36.